The highest BCUT2D eigenvalue weighted by Gasteiger charge is 2.36. The topological polar surface area (TPSA) is 42.1 Å². The Balaban J connectivity index is 2.02. The minimum Gasteiger partial charge on any atom is -0.352 e. The zero-order chi connectivity index (χ0) is 10.5. The predicted octanol–water partition coefficient (Wildman–Crippen LogP) is 1.83. The minimum atomic E-state index is -0.0418. The van der Waals surface area contributed by atoms with Crippen molar-refractivity contribution in [1.82, 2.24) is 4.98 Å². The van der Waals surface area contributed by atoms with Gasteiger partial charge in [-0.15, -0.1) is 11.3 Å². The van der Waals surface area contributed by atoms with Gasteiger partial charge in [0.15, 0.2) is 0 Å². The summed E-state index contributed by atoms with van der Waals surface area (Å²) in [6.07, 6.45) is 1.88. The number of hydrogen-bond acceptors (Lipinski definition) is 4. The van der Waals surface area contributed by atoms with Crippen molar-refractivity contribution in [1.29, 1.82) is 0 Å². The van der Waals surface area contributed by atoms with Crippen LogP contribution >= 0.6 is 11.3 Å². The number of rotatable bonds is 1. The third-order valence-electron chi connectivity index (χ3n) is 2.76. The molecule has 1 fully saturated rings. The van der Waals surface area contributed by atoms with Gasteiger partial charge in [0.1, 0.15) is 5.82 Å². The van der Waals surface area contributed by atoms with Crippen LogP contribution in [0.4, 0.5) is 5.82 Å². The van der Waals surface area contributed by atoms with Crippen molar-refractivity contribution in [3.8, 4) is 0 Å². The van der Waals surface area contributed by atoms with Crippen LogP contribution in [0.5, 0.6) is 0 Å². The molecule has 3 nitrogen and oxygen atoms in total. The van der Waals surface area contributed by atoms with E-state index in [0.29, 0.717) is 0 Å². The van der Waals surface area contributed by atoms with Gasteiger partial charge in [0.25, 0.3) is 0 Å². The lowest BCUT2D eigenvalue weighted by Gasteiger charge is -2.46. The molecule has 0 atom stereocenters. The Morgan fingerprint density at radius 2 is 2.27 bits per heavy atom. The summed E-state index contributed by atoms with van der Waals surface area (Å²) in [7, 11) is 0. The summed E-state index contributed by atoms with van der Waals surface area (Å²) in [5.74, 6) is 1.08. The number of nitrogens with zero attached hydrogens (tertiary/aromatic N) is 2. The van der Waals surface area contributed by atoms with Crippen molar-refractivity contribution in [3.05, 3.63) is 23.7 Å². The Labute approximate surface area is 92.5 Å². The Hall–Kier alpha value is -1.13. The van der Waals surface area contributed by atoms with Gasteiger partial charge < -0.3 is 10.6 Å². The fourth-order valence-electron chi connectivity index (χ4n) is 2.11. The standard InChI is InChI=1S/C11H13N3S/c1-11(12)6-14(7-11)10-8-3-5-15-9(8)2-4-13-10/h2-5H,6-7,12H2,1H3. The highest BCUT2D eigenvalue weighted by Crippen LogP contribution is 2.32. The van der Waals surface area contributed by atoms with Crippen molar-refractivity contribution in [3.63, 3.8) is 0 Å². The van der Waals surface area contributed by atoms with E-state index in [1.165, 1.54) is 10.1 Å². The van der Waals surface area contributed by atoms with E-state index in [0.717, 1.165) is 18.9 Å². The quantitative estimate of drug-likeness (QED) is 0.795. The second-order valence-electron chi connectivity index (χ2n) is 4.48. The Bertz CT molecular complexity index is 495. The average molecular weight is 219 g/mol. The molecule has 78 valence electrons. The number of nitrogens with two attached hydrogens (primary N) is 1. The van der Waals surface area contributed by atoms with Gasteiger partial charge in [-0.05, 0) is 24.4 Å². The van der Waals surface area contributed by atoms with Crippen LogP contribution in [0.15, 0.2) is 23.7 Å². The van der Waals surface area contributed by atoms with Crippen molar-refractivity contribution >= 4 is 27.2 Å². The van der Waals surface area contributed by atoms with Crippen LogP contribution in [-0.2, 0) is 0 Å². The molecule has 3 heterocycles. The van der Waals surface area contributed by atoms with Crippen molar-refractivity contribution in [2.75, 3.05) is 18.0 Å². The maximum Gasteiger partial charge on any atom is 0.137 e. The molecule has 1 aliphatic heterocycles. The van der Waals surface area contributed by atoms with Crippen molar-refractivity contribution in [2.45, 2.75) is 12.5 Å². The highest BCUT2D eigenvalue weighted by atomic mass is 32.1. The maximum atomic E-state index is 6.00. The van der Waals surface area contributed by atoms with E-state index >= 15 is 0 Å². The zero-order valence-corrected chi connectivity index (χ0v) is 9.42. The molecule has 4 heteroatoms. The zero-order valence-electron chi connectivity index (χ0n) is 8.60. The summed E-state index contributed by atoms with van der Waals surface area (Å²) in [5, 5.41) is 3.36. The Kier molecular flexibility index (Phi) is 1.78. The average Bonchev–Trinajstić information content (AvgIpc) is 2.60. The molecule has 1 saturated heterocycles. The van der Waals surface area contributed by atoms with Crippen LogP contribution < -0.4 is 10.6 Å². The first-order chi connectivity index (χ1) is 7.16. The van der Waals surface area contributed by atoms with Crippen molar-refractivity contribution in [2.24, 2.45) is 5.73 Å². The lowest BCUT2D eigenvalue weighted by molar-refractivity contribution is 0.364. The number of hydrogen-bond donors (Lipinski definition) is 1. The number of thiophene rings is 1. The summed E-state index contributed by atoms with van der Waals surface area (Å²) in [5.41, 5.74) is 5.96. The van der Waals surface area contributed by atoms with Crippen LogP contribution in [0.2, 0.25) is 0 Å². The molecule has 0 bridgehead atoms. The summed E-state index contributed by atoms with van der Waals surface area (Å²) < 4.78 is 1.30. The predicted molar refractivity (Wildman–Crippen MR) is 64.4 cm³/mol. The first-order valence-electron chi connectivity index (χ1n) is 5.02. The first kappa shape index (κ1) is 9.12. The molecule has 0 aliphatic carbocycles. The molecule has 15 heavy (non-hydrogen) atoms. The largest absolute Gasteiger partial charge is 0.352 e. The molecule has 0 amide bonds. The molecular weight excluding hydrogens is 206 g/mol. The highest BCUT2D eigenvalue weighted by molar-refractivity contribution is 7.17. The van der Waals surface area contributed by atoms with Crippen molar-refractivity contribution < 1.29 is 0 Å². The Morgan fingerprint density at radius 1 is 1.47 bits per heavy atom. The van der Waals surface area contributed by atoms with E-state index in [1.807, 2.05) is 6.20 Å². The second kappa shape index (κ2) is 2.93. The fraction of sp³-hybridized carbons (Fsp3) is 0.364. The third kappa shape index (κ3) is 1.41. The first-order valence-corrected chi connectivity index (χ1v) is 5.90. The molecule has 0 aromatic carbocycles. The third-order valence-corrected chi connectivity index (χ3v) is 3.64. The van der Waals surface area contributed by atoms with E-state index in [1.54, 1.807) is 11.3 Å². The monoisotopic (exact) mass is 219 g/mol. The van der Waals surface area contributed by atoms with Crippen LogP contribution in [-0.4, -0.2) is 23.6 Å². The molecule has 0 radical (unpaired) electrons. The van der Waals surface area contributed by atoms with Crippen LogP contribution in [0.3, 0.4) is 0 Å². The molecule has 1 aliphatic rings. The van der Waals surface area contributed by atoms with Gasteiger partial charge in [-0.25, -0.2) is 4.98 Å². The van der Waals surface area contributed by atoms with Gasteiger partial charge in [0.05, 0.1) is 0 Å². The van der Waals surface area contributed by atoms with Crippen LogP contribution in [0, 0.1) is 0 Å². The molecule has 3 rings (SSSR count). The lowest BCUT2D eigenvalue weighted by Crippen LogP contribution is -2.65. The smallest absolute Gasteiger partial charge is 0.137 e. The number of anilines is 1. The summed E-state index contributed by atoms with van der Waals surface area (Å²) >= 11 is 1.76. The van der Waals surface area contributed by atoms with Gasteiger partial charge >= 0.3 is 0 Å². The SMILES string of the molecule is CC1(N)CN(c2nccc3sccc23)C1. The normalized spacial score (nSPS) is 19.2. The van der Waals surface area contributed by atoms with Crippen LogP contribution in [0.25, 0.3) is 10.1 Å². The molecule has 0 unspecified atom stereocenters. The number of fused-ring (bicyclic) bond motifs is 1. The van der Waals surface area contributed by atoms with E-state index in [4.69, 9.17) is 5.73 Å². The van der Waals surface area contributed by atoms with E-state index < -0.39 is 0 Å². The van der Waals surface area contributed by atoms with E-state index in [9.17, 15) is 0 Å². The molecule has 2 aromatic heterocycles. The van der Waals surface area contributed by atoms with E-state index in [2.05, 4.69) is 34.3 Å². The molecule has 0 spiro atoms. The van der Waals surface area contributed by atoms with Crippen LogP contribution in [0.1, 0.15) is 6.92 Å². The lowest BCUT2D eigenvalue weighted by atomic mass is 9.93. The number of aromatic nitrogens is 1. The van der Waals surface area contributed by atoms with Gasteiger partial charge in [-0.3, -0.25) is 0 Å². The minimum absolute atomic E-state index is 0.0418. The van der Waals surface area contributed by atoms with Gasteiger partial charge in [0, 0.05) is 34.9 Å². The van der Waals surface area contributed by atoms with Gasteiger partial charge in [-0.1, -0.05) is 0 Å². The fourth-order valence-corrected chi connectivity index (χ4v) is 2.88. The summed E-state index contributed by atoms with van der Waals surface area (Å²) in [4.78, 5) is 6.69. The van der Waals surface area contributed by atoms with Gasteiger partial charge in [-0.2, -0.15) is 0 Å². The maximum absolute atomic E-state index is 6.00. The molecule has 2 N–H and O–H groups in total. The van der Waals surface area contributed by atoms with E-state index in [-0.39, 0.29) is 5.54 Å². The summed E-state index contributed by atoms with van der Waals surface area (Å²) in [6.45, 7) is 3.88. The molecule has 2 aromatic rings. The Morgan fingerprint density at radius 3 is 3.00 bits per heavy atom. The second-order valence-corrected chi connectivity index (χ2v) is 5.42. The molecular formula is C11H13N3S. The number of pyridine rings is 1. The van der Waals surface area contributed by atoms with Gasteiger partial charge in [0.2, 0.25) is 0 Å². The molecule has 0 saturated carbocycles. The summed E-state index contributed by atoms with van der Waals surface area (Å²) in [6, 6.07) is 4.19.